The van der Waals surface area contributed by atoms with Crippen molar-refractivity contribution in [3.05, 3.63) is 24.3 Å². The number of aromatic nitrogens is 4. The summed E-state index contributed by atoms with van der Waals surface area (Å²) in [5, 5.41) is 10.3. The molecule has 0 bridgehead atoms. The maximum Gasteiger partial charge on any atom is 0.223 e. The zero-order valence-electron chi connectivity index (χ0n) is 20.1. The quantitative estimate of drug-likeness (QED) is 0.448. The van der Waals surface area contributed by atoms with Gasteiger partial charge in [0.15, 0.2) is 11.6 Å². The summed E-state index contributed by atoms with van der Waals surface area (Å²) in [6.07, 6.45) is 8.95. The molecule has 3 N–H and O–H groups in total. The predicted molar refractivity (Wildman–Crippen MR) is 129 cm³/mol. The minimum Gasteiger partial charge on any atom is -0.383 e. The average Bonchev–Trinajstić information content (AvgIpc) is 2.86. The van der Waals surface area contributed by atoms with Gasteiger partial charge < -0.3 is 25.4 Å². The normalized spacial score (nSPS) is 22.3. The Balaban J connectivity index is 1.36. The lowest BCUT2D eigenvalue weighted by atomic mass is 9.82. The van der Waals surface area contributed by atoms with Crippen molar-refractivity contribution in [2.24, 2.45) is 5.41 Å². The van der Waals surface area contributed by atoms with Crippen LogP contribution in [0.15, 0.2) is 18.5 Å². The van der Waals surface area contributed by atoms with Gasteiger partial charge in [-0.25, -0.2) is 24.3 Å². The Morgan fingerprint density at radius 1 is 1.12 bits per heavy atom. The first-order valence-electron chi connectivity index (χ1n) is 12.2. The molecule has 0 aromatic carbocycles. The molecule has 34 heavy (non-hydrogen) atoms. The molecule has 9 nitrogen and oxygen atoms in total. The summed E-state index contributed by atoms with van der Waals surface area (Å²) in [6.45, 7) is 6.16. The van der Waals surface area contributed by atoms with Crippen LogP contribution < -0.4 is 16.0 Å². The molecular weight excluding hydrogens is 437 g/mol. The molecule has 2 aliphatic rings. The molecule has 1 aliphatic carbocycles. The molecule has 0 amide bonds. The molecule has 2 aromatic rings. The Morgan fingerprint density at radius 2 is 1.88 bits per heavy atom. The molecule has 4 rings (SSSR count). The Hall–Kier alpha value is -2.43. The summed E-state index contributed by atoms with van der Waals surface area (Å²) in [7, 11) is 1.71. The summed E-state index contributed by atoms with van der Waals surface area (Å²) in [4.78, 5) is 17.4. The number of nitrogens with zero attached hydrogens (tertiary/aromatic N) is 4. The van der Waals surface area contributed by atoms with Crippen LogP contribution in [0.4, 0.5) is 16.2 Å². The second-order valence-electron chi connectivity index (χ2n) is 9.57. The zero-order valence-corrected chi connectivity index (χ0v) is 20.1. The van der Waals surface area contributed by atoms with Gasteiger partial charge in [-0.15, -0.1) is 0 Å². The van der Waals surface area contributed by atoms with E-state index in [2.05, 4.69) is 42.8 Å². The van der Waals surface area contributed by atoms with Crippen LogP contribution in [0.3, 0.4) is 0 Å². The van der Waals surface area contributed by atoms with Crippen molar-refractivity contribution in [2.75, 3.05) is 50.7 Å². The lowest BCUT2D eigenvalue weighted by Gasteiger charge is -2.33. The Bertz CT molecular complexity index is 918. The van der Waals surface area contributed by atoms with Crippen molar-refractivity contribution in [1.29, 1.82) is 0 Å². The predicted octanol–water partition coefficient (Wildman–Crippen LogP) is 3.26. The van der Waals surface area contributed by atoms with E-state index in [1.807, 2.05) is 0 Å². The Kier molecular flexibility index (Phi) is 8.58. The van der Waals surface area contributed by atoms with E-state index in [1.165, 1.54) is 6.20 Å². The lowest BCUT2D eigenvalue weighted by Crippen LogP contribution is -2.38. The van der Waals surface area contributed by atoms with Gasteiger partial charge in [0.2, 0.25) is 5.95 Å². The van der Waals surface area contributed by atoms with Crippen LogP contribution in [0.2, 0.25) is 0 Å². The number of nitrogens with one attached hydrogen (secondary N) is 3. The molecule has 2 aromatic heterocycles. The van der Waals surface area contributed by atoms with Crippen molar-refractivity contribution in [2.45, 2.75) is 57.5 Å². The van der Waals surface area contributed by atoms with E-state index in [4.69, 9.17) is 9.47 Å². The molecular formula is C24H36FN7O2. The van der Waals surface area contributed by atoms with Gasteiger partial charge >= 0.3 is 0 Å². The molecule has 1 aliphatic heterocycles. The van der Waals surface area contributed by atoms with Gasteiger partial charge in [-0.2, -0.15) is 0 Å². The van der Waals surface area contributed by atoms with E-state index >= 15 is 0 Å². The third-order valence-electron chi connectivity index (χ3n) is 6.81. The van der Waals surface area contributed by atoms with E-state index in [9.17, 15) is 4.39 Å². The number of ether oxygens (including phenoxy) is 2. The van der Waals surface area contributed by atoms with Crippen LogP contribution in [0.5, 0.6) is 0 Å². The summed E-state index contributed by atoms with van der Waals surface area (Å²) in [5.74, 6) is 0.773. The maximum absolute atomic E-state index is 14.6. The van der Waals surface area contributed by atoms with Gasteiger partial charge in [-0.3, -0.25) is 0 Å². The molecule has 0 atom stereocenters. The topological polar surface area (TPSA) is 106 Å². The highest BCUT2D eigenvalue weighted by Gasteiger charge is 2.27. The fourth-order valence-electron chi connectivity index (χ4n) is 4.50. The van der Waals surface area contributed by atoms with E-state index in [0.717, 1.165) is 71.4 Å². The molecule has 3 heterocycles. The fourth-order valence-corrected chi connectivity index (χ4v) is 4.50. The number of hydrogen-bond acceptors (Lipinski definition) is 9. The lowest BCUT2D eigenvalue weighted by molar-refractivity contribution is 0.0300. The molecule has 1 saturated carbocycles. The molecule has 1 saturated heterocycles. The molecule has 0 radical (unpaired) electrons. The highest BCUT2D eigenvalue weighted by Crippen LogP contribution is 2.30. The van der Waals surface area contributed by atoms with E-state index in [1.54, 1.807) is 19.4 Å². The zero-order chi connectivity index (χ0) is 23.8. The van der Waals surface area contributed by atoms with Crippen LogP contribution in [0.1, 0.15) is 45.4 Å². The smallest absolute Gasteiger partial charge is 0.223 e. The summed E-state index contributed by atoms with van der Waals surface area (Å²) in [6, 6.07) is 2.56. The van der Waals surface area contributed by atoms with Gasteiger partial charge in [-0.1, -0.05) is 6.92 Å². The van der Waals surface area contributed by atoms with Gasteiger partial charge in [0.25, 0.3) is 0 Å². The van der Waals surface area contributed by atoms with Crippen molar-refractivity contribution in [3.63, 3.8) is 0 Å². The maximum atomic E-state index is 14.6. The number of anilines is 2. The third-order valence-corrected chi connectivity index (χ3v) is 6.81. The Labute approximate surface area is 200 Å². The Morgan fingerprint density at radius 3 is 2.65 bits per heavy atom. The minimum absolute atomic E-state index is 0.105. The summed E-state index contributed by atoms with van der Waals surface area (Å²) >= 11 is 0. The van der Waals surface area contributed by atoms with Crippen molar-refractivity contribution < 1.29 is 13.9 Å². The van der Waals surface area contributed by atoms with E-state index in [0.29, 0.717) is 17.8 Å². The van der Waals surface area contributed by atoms with E-state index in [-0.39, 0.29) is 23.0 Å². The van der Waals surface area contributed by atoms with Gasteiger partial charge in [0, 0.05) is 51.7 Å². The first-order valence-corrected chi connectivity index (χ1v) is 12.2. The first kappa shape index (κ1) is 24.7. The second kappa shape index (κ2) is 11.8. The monoisotopic (exact) mass is 473 g/mol. The summed E-state index contributed by atoms with van der Waals surface area (Å²) in [5.41, 5.74) is 0.257. The van der Waals surface area contributed by atoms with Gasteiger partial charge in [0.1, 0.15) is 11.5 Å². The van der Waals surface area contributed by atoms with Gasteiger partial charge in [-0.05, 0) is 50.0 Å². The van der Waals surface area contributed by atoms with Crippen LogP contribution in [0.25, 0.3) is 11.5 Å². The molecule has 0 spiro atoms. The number of rotatable bonds is 10. The van der Waals surface area contributed by atoms with E-state index < -0.39 is 5.82 Å². The van der Waals surface area contributed by atoms with Crippen LogP contribution in [-0.4, -0.2) is 72.0 Å². The number of hydrogen-bond donors (Lipinski definition) is 3. The third kappa shape index (κ3) is 6.80. The highest BCUT2D eigenvalue weighted by atomic mass is 19.1. The average molecular weight is 474 g/mol. The second-order valence-corrected chi connectivity index (χ2v) is 9.57. The van der Waals surface area contributed by atoms with Crippen molar-refractivity contribution in [1.82, 2.24) is 25.3 Å². The fraction of sp³-hybridized carbons (Fsp3) is 0.667. The number of methoxy groups -OCH3 is 1. The summed E-state index contributed by atoms with van der Waals surface area (Å²) < 4.78 is 25.2. The largest absolute Gasteiger partial charge is 0.383 e. The minimum atomic E-state index is -0.537. The van der Waals surface area contributed by atoms with Crippen molar-refractivity contribution >= 4 is 11.8 Å². The molecule has 2 fully saturated rings. The van der Waals surface area contributed by atoms with Gasteiger partial charge in [0.05, 0.1) is 12.8 Å². The number of halogens is 1. The molecule has 186 valence electrons. The van der Waals surface area contributed by atoms with Crippen molar-refractivity contribution in [3.8, 4) is 11.5 Å². The highest BCUT2D eigenvalue weighted by molar-refractivity contribution is 5.54. The van der Waals surface area contributed by atoms with Crippen LogP contribution in [-0.2, 0) is 9.47 Å². The molecule has 0 unspecified atom stereocenters. The SMILES string of the molecule is COCCNC1CCC(Nc2ncc(F)c(-c3nccc(NCC4(C)CCOCC4)n3)n2)CC1. The first-order chi connectivity index (χ1) is 16.5. The molecule has 10 heteroatoms. The van der Waals surface area contributed by atoms with Crippen LogP contribution >= 0.6 is 0 Å². The standard InChI is InChI=1S/C24H36FN7O2/c1-24(8-12-34-13-9-24)16-29-20-7-10-27-22(31-20)21-19(25)15-28-23(32-21)30-18-5-3-17(4-6-18)26-11-14-33-2/h7,10,15,17-18,26H,3-6,8-9,11-14,16H2,1-2H3,(H,27,29,31)(H,28,30,32). The van der Waals surface area contributed by atoms with Crippen LogP contribution in [0, 0.1) is 11.2 Å².